The number of amides is 2. The van der Waals surface area contributed by atoms with Gasteiger partial charge in [0.2, 0.25) is 5.91 Å². The first-order valence-corrected chi connectivity index (χ1v) is 10.1. The fraction of sp³-hybridized carbons (Fsp3) is 0.400. The van der Waals surface area contributed by atoms with Crippen molar-refractivity contribution in [3.8, 4) is 0 Å². The highest BCUT2D eigenvalue weighted by Gasteiger charge is 2.25. The van der Waals surface area contributed by atoms with E-state index >= 15 is 0 Å². The van der Waals surface area contributed by atoms with Gasteiger partial charge in [-0.15, -0.1) is 11.8 Å². The largest absolute Gasteiger partial charge is 0.367 e. The Morgan fingerprint density at radius 1 is 1.08 bits per heavy atom. The number of H-pyrrole nitrogens is 1. The molecule has 26 heavy (non-hydrogen) atoms. The molecule has 1 aromatic heterocycles. The predicted octanol–water partition coefficient (Wildman–Crippen LogP) is 2.58. The molecule has 5 nitrogen and oxygen atoms in total. The van der Waals surface area contributed by atoms with E-state index in [1.807, 2.05) is 46.1 Å². The summed E-state index contributed by atoms with van der Waals surface area (Å²) in [7, 11) is 0. The van der Waals surface area contributed by atoms with E-state index in [1.54, 1.807) is 0 Å². The average molecular weight is 369 g/mol. The molecule has 0 unspecified atom stereocenters. The molecule has 136 valence electrons. The molecule has 1 N–H and O–H groups in total. The van der Waals surface area contributed by atoms with Crippen molar-refractivity contribution in [3.05, 3.63) is 53.3 Å². The highest BCUT2D eigenvalue weighted by molar-refractivity contribution is 7.99. The van der Waals surface area contributed by atoms with Gasteiger partial charge in [-0.1, -0.05) is 0 Å². The number of hydrogen-bond acceptors (Lipinski definition) is 3. The highest BCUT2D eigenvalue weighted by atomic mass is 32.2. The summed E-state index contributed by atoms with van der Waals surface area (Å²) in [6.45, 7) is 2.42. The normalized spacial score (nSPS) is 17.1. The number of fused-ring (bicyclic) bond motifs is 1. The zero-order chi connectivity index (χ0) is 17.9. The summed E-state index contributed by atoms with van der Waals surface area (Å²) < 4.78 is 0. The fourth-order valence-electron chi connectivity index (χ4n) is 3.59. The van der Waals surface area contributed by atoms with Crippen LogP contribution in [0.3, 0.4) is 0 Å². The Kier molecular flexibility index (Phi) is 5.02. The van der Waals surface area contributed by atoms with Crippen LogP contribution in [-0.2, 0) is 17.6 Å². The van der Waals surface area contributed by atoms with Crippen LogP contribution in [0.15, 0.2) is 41.6 Å². The van der Waals surface area contributed by atoms with E-state index in [1.165, 1.54) is 22.6 Å². The van der Waals surface area contributed by atoms with Crippen LogP contribution in [0, 0.1) is 0 Å². The maximum Gasteiger partial charge on any atom is 0.253 e. The molecule has 3 heterocycles. The van der Waals surface area contributed by atoms with Crippen LogP contribution in [0.25, 0.3) is 0 Å². The molecule has 0 atom stereocenters. The van der Waals surface area contributed by atoms with Crippen molar-refractivity contribution in [2.75, 3.05) is 31.9 Å². The lowest BCUT2D eigenvalue weighted by atomic mass is 10.0. The predicted molar refractivity (Wildman–Crippen MR) is 102 cm³/mol. The molecule has 0 radical (unpaired) electrons. The Balaban J connectivity index is 1.35. The molecule has 0 spiro atoms. The SMILES string of the molecule is O=C(Cc1cc[nH]c1)N1CCN(C(=O)c2ccc3c(c2)CCCS3)CC1. The van der Waals surface area contributed by atoms with Crippen LogP contribution in [0.4, 0.5) is 0 Å². The number of nitrogens with one attached hydrogen (secondary N) is 1. The molecule has 1 fully saturated rings. The van der Waals surface area contributed by atoms with Crippen LogP contribution in [0.5, 0.6) is 0 Å². The highest BCUT2D eigenvalue weighted by Crippen LogP contribution is 2.30. The number of hydrogen-bond donors (Lipinski definition) is 1. The van der Waals surface area contributed by atoms with Crippen LogP contribution >= 0.6 is 11.8 Å². The molecular formula is C20H23N3O2S. The van der Waals surface area contributed by atoms with Crippen LogP contribution in [0.2, 0.25) is 0 Å². The zero-order valence-corrected chi connectivity index (χ0v) is 15.6. The van der Waals surface area contributed by atoms with Gasteiger partial charge in [0, 0.05) is 49.0 Å². The van der Waals surface area contributed by atoms with Crippen molar-refractivity contribution in [2.24, 2.45) is 0 Å². The van der Waals surface area contributed by atoms with E-state index < -0.39 is 0 Å². The molecule has 1 saturated heterocycles. The first-order valence-electron chi connectivity index (χ1n) is 9.15. The fourth-order valence-corrected chi connectivity index (χ4v) is 4.61. The molecule has 2 aliphatic rings. The molecular weight excluding hydrogens is 346 g/mol. The van der Waals surface area contributed by atoms with E-state index in [0.29, 0.717) is 32.6 Å². The number of aryl methyl sites for hydroxylation is 1. The third-order valence-electron chi connectivity index (χ3n) is 5.09. The van der Waals surface area contributed by atoms with Crippen molar-refractivity contribution in [3.63, 3.8) is 0 Å². The van der Waals surface area contributed by atoms with Gasteiger partial charge in [-0.3, -0.25) is 9.59 Å². The van der Waals surface area contributed by atoms with Crippen LogP contribution < -0.4 is 0 Å². The smallest absolute Gasteiger partial charge is 0.253 e. The molecule has 2 amide bonds. The average Bonchev–Trinajstić information content (AvgIpc) is 3.20. The van der Waals surface area contributed by atoms with Gasteiger partial charge in [0.15, 0.2) is 0 Å². The summed E-state index contributed by atoms with van der Waals surface area (Å²) in [6, 6.07) is 8.02. The molecule has 4 rings (SSSR count). The summed E-state index contributed by atoms with van der Waals surface area (Å²) in [5.74, 6) is 1.38. The molecule has 0 bridgehead atoms. The number of nitrogens with zero attached hydrogens (tertiary/aromatic N) is 2. The van der Waals surface area contributed by atoms with Gasteiger partial charge in [-0.25, -0.2) is 0 Å². The quantitative estimate of drug-likeness (QED) is 0.905. The minimum Gasteiger partial charge on any atom is -0.367 e. The van der Waals surface area contributed by atoms with E-state index in [2.05, 4.69) is 17.1 Å². The van der Waals surface area contributed by atoms with Crippen molar-refractivity contribution >= 4 is 23.6 Å². The van der Waals surface area contributed by atoms with Gasteiger partial charge in [-0.2, -0.15) is 0 Å². The second-order valence-electron chi connectivity index (χ2n) is 6.84. The first kappa shape index (κ1) is 17.2. The summed E-state index contributed by atoms with van der Waals surface area (Å²) in [6.07, 6.45) is 6.34. The summed E-state index contributed by atoms with van der Waals surface area (Å²) >= 11 is 1.88. The number of aromatic amines is 1. The maximum absolute atomic E-state index is 12.8. The van der Waals surface area contributed by atoms with Crippen molar-refractivity contribution in [1.82, 2.24) is 14.8 Å². The molecule has 2 aliphatic heterocycles. The Bertz CT molecular complexity index is 795. The number of carbonyl (C=O) groups excluding carboxylic acids is 2. The third kappa shape index (κ3) is 3.65. The number of thioether (sulfide) groups is 1. The van der Waals surface area contributed by atoms with E-state index in [4.69, 9.17) is 0 Å². The van der Waals surface area contributed by atoms with Crippen LogP contribution in [-0.4, -0.2) is 58.5 Å². The molecule has 2 aromatic rings. The number of benzene rings is 1. The first-order chi connectivity index (χ1) is 12.7. The second-order valence-corrected chi connectivity index (χ2v) is 7.98. The summed E-state index contributed by atoms with van der Waals surface area (Å²) in [5.41, 5.74) is 3.08. The standard InChI is InChI=1S/C20H23N3O2S/c24-19(12-15-5-6-21-14-15)22-7-9-23(10-8-22)20(25)17-3-4-18-16(13-17)2-1-11-26-18/h3-6,13-14,21H,1-2,7-12H2. The topological polar surface area (TPSA) is 56.4 Å². The lowest BCUT2D eigenvalue weighted by molar-refractivity contribution is -0.131. The van der Waals surface area contributed by atoms with E-state index in [-0.39, 0.29) is 11.8 Å². The number of carbonyl (C=O) groups is 2. The third-order valence-corrected chi connectivity index (χ3v) is 6.29. The maximum atomic E-state index is 12.8. The van der Waals surface area contributed by atoms with Crippen LogP contribution in [0.1, 0.15) is 27.9 Å². The molecule has 1 aromatic carbocycles. The van der Waals surface area contributed by atoms with Gasteiger partial charge in [-0.05, 0) is 54.0 Å². The minimum absolute atomic E-state index is 0.0844. The van der Waals surface area contributed by atoms with Gasteiger partial charge in [0.1, 0.15) is 0 Å². The number of aromatic nitrogens is 1. The zero-order valence-electron chi connectivity index (χ0n) is 14.7. The Hall–Kier alpha value is -2.21. The second kappa shape index (κ2) is 7.58. The lowest BCUT2D eigenvalue weighted by Gasteiger charge is -2.35. The van der Waals surface area contributed by atoms with Gasteiger partial charge in [0.05, 0.1) is 6.42 Å². The van der Waals surface area contributed by atoms with Crippen molar-refractivity contribution < 1.29 is 9.59 Å². The number of piperazine rings is 1. The lowest BCUT2D eigenvalue weighted by Crippen LogP contribution is -2.51. The molecule has 0 saturated carbocycles. The molecule has 0 aliphatic carbocycles. The van der Waals surface area contributed by atoms with Crippen molar-refractivity contribution in [1.29, 1.82) is 0 Å². The Morgan fingerprint density at radius 2 is 1.88 bits per heavy atom. The summed E-state index contributed by atoms with van der Waals surface area (Å²) in [5, 5.41) is 0. The van der Waals surface area contributed by atoms with E-state index in [0.717, 1.165) is 17.5 Å². The Morgan fingerprint density at radius 3 is 2.65 bits per heavy atom. The summed E-state index contributed by atoms with van der Waals surface area (Å²) in [4.78, 5) is 33.2. The monoisotopic (exact) mass is 369 g/mol. The van der Waals surface area contributed by atoms with Gasteiger partial charge >= 0.3 is 0 Å². The van der Waals surface area contributed by atoms with E-state index in [9.17, 15) is 9.59 Å². The molecule has 6 heteroatoms. The van der Waals surface area contributed by atoms with Gasteiger partial charge < -0.3 is 14.8 Å². The van der Waals surface area contributed by atoms with Gasteiger partial charge in [0.25, 0.3) is 5.91 Å². The number of rotatable bonds is 3. The Labute approximate surface area is 157 Å². The minimum atomic E-state index is 0.0844. The van der Waals surface area contributed by atoms with Crippen molar-refractivity contribution in [2.45, 2.75) is 24.2 Å².